The van der Waals surface area contributed by atoms with Gasteiger partial charge in [-0.05, 0) is 19.9 Å². The second-order valence-corrected chi connectivity index (χ2v) is 5.58. The van der Waals surface area contributed by atoms with Crippen molar-refractivity contribution in [2.45, 2.75) is 25.8 Å². The molecule has 0 amide bonds. The van der Waals surface area contributed by atoms with Crippen LogP contribution >= 0.6 is 0 Å². The summed E-state index contributed by atoms with van der Waals surface area (Å²) in [6, 6.07) is 11.9. The van der Waals surface area contributed by atoms with E-state index in [-0.39, 0.29) is 11.3 Å². The fourth-order valence-electron chi connectivity index (χ4n) is 2.07. The molecule has 0 spiro atoms. The van der Waals surface area contributed by atoms with Gasteiger partial charge in [0, 0.05) is 34.8 Å². The molecule has 2 aromatic rings. The number of H-pyrrole nitrogens is 1. The van der Waals surface area contributed by atoms with Crippen LogP contribution in [0.1, 0.15) is 35.5 Å². The van der Waals surface area contributed by atoms with Crippen molar-refractivity contribution in [3.05, 3.63) is 69.6 Å². The summed E-state index contributed by atoms with van der Waals surface area (Å²) in [5.41, 5.74) is 6.93. The van der Waals surface area contributed by atoms with E-state index in [0.717, 1.165) is 0 Å². The van der Waals surface area contributed by atoms with E-state index >= 15 is 0 Å². The number of carbonyl (C=O) groups is 1. The van der Waals surface area contributed by atoms with Gasteiger partial charge < -0.3 is 10.7 Å². The van der Waals surface area contributed by atoms with E-state index in [4.69, 9.17) is 5.73 Å². The molecule has 3 N–H and O–H groups in total. The Labute approximate surface area is 117 Å². The summed E-state index contributed by atoms with van der Waals surface area (Å²) in [6.45, 7) is 3.71. The van der Waals surface area contributed by atoms with Crippen molar-refractivity contribution in [3.8, 4) is 0 Å². The molecule has 0 bridgehead atoms. The first-order valence-electron chi connectivity index (χ1n) is 6.48. The maximum Gasteiger partial charge on any atom is 0.248 e. The number of hydrogen-bond donors (Lipinski definition) is 2. The molecule has 4 heteroatoms. The van der Waals surface area contributed by atoms with E-state index in [9.17, 15) is 9.59 Å². The molecule has 1 aromatic carbocycles. The molecule has 0 aliphatic carbocycles. The zero-order valence-electron chi connectivity index (χ0n) is 11.6. The lowest BCUT2D eigenvalue weighted by molar-refractivity contribution is 0.103. The molecule has 104 valence electrons. The molecule has 0 saturated carbocycles. The smallest absolute Gasteiger partial charge is 0.248 e. The van der Waals surface area contributed by atoms with Crippen LogP contribution in [0.25, 0.3) is 0 Å². The van der Waals surface area contributed by atoms with Crippen molar-refractivity contribution in [2.75, 3.05) is 0 Å². The number of pyridine rings is 1. The van der Waals surface area contributed by atoms with E-state index in [1.807, 2.05) is 32.0 Å². The molecular weight excluding hydrogens is 252 g/mol. The van der Waals surface area contributed by atoms with E-state index < -0.39 is 5.54 Å². The minimum atomic E-state index is -0.504. The van der Waals surface area contributed by atoms with Crippen molar-refractivity contribution < 1.29 is 4.79 Å². The first kappa shape index (κ1) is 14.2. The van der Waals surface area contributed by atoms with Crippen LogP contribution in [0.15, 0.2) is 47.3 Å². The SMILES string of the molecule is CC(C)(N)Cc1[nH]c(=O)ccc1C(=O)c1ccccc1. The number of ketones is 1. The Bertz CT molecular complexity index is 667. The highest BCUT2D eigenvalue weighted by atomic mass is 16.1. The molecule has 20 heavy (non-hydrogen) atoms. The van der Waals surface area contributed by atoms with Gasteiger partial charge in [0.15, 0.2) is 5.78 Å². The second-order valence-electron chi connectivity index (χ2n) is 5.58. The van der Waals surface area contributed by atoms with Gasteiger partial charge in [0.2, 0.25) is 5.56 Å². The van der Waals surface area contributed by atoms with Crippen LogP contribution in [0, 0.1) is 0 Å². The van der Waals surface area contributed by atoms with Crippen LogP contribution < -0.4 is 11.3 Å². The largest absolute Gasteiger partial charge is 0.325 e. The Morgan fingerprint density at radius 1 is 1.15 bits per heavy atom. The van der Waals surface area contributed by atoms with Crippen LogP contribution in [-0.2, 0) is 6.42 Å². The molecule has 0 aliphatic rings. The summed E-state index contributed by atoms with van der Waals surface area (Å²) in [6.07, 6.45) is 0.428. The highest BCUT2D eigenvalue weighted by Crippen LogP contribution is 2.15. The minimum absolute atomic E-state index is 0.110. The van der Waals surface area contributed by atoms with Gasteiger partial charge >= 0.3 is 0 Å². The number of nitrogens with two attached hydrogens (primary N) is 1. The number of benzene rings is 1. The average Bonchev–Trinajstić information content (AvgIpc) is 2.37. The normalized spacial score (nSPS) is 11.3. The third kappa shape index (κ3) is 3.42. The minimum Gasteiger partial charge on any atom is -0.325 e. The van der Waals surface area contributed by atoms with Gasteiger partial charge in [-0.1, -0.05) is 30.3 Å². The van der Waals surface area contributed by atoms with Crippen molar-refractivity contribution in [3.63, 3.8) is 0 Å². The Morgan fingerprint density at radius 2 is 1.80 bits per heavy atom. The number of aromatic nitrogens is 1. The van der Waals surface area contributed by atoms with Gasteiger partial charge in [-0.3, -0.25) is 9.59 Å². The molecular formula is C16H18N2O2. The third-order valence-electron chi connectivity index (χ3n) is 2.91. The number of hydrogen-bond acceptors (Lipinski definition) is 3. The highest BCUT2D eigenvalue weighted by molar-refractivity contribution is 6.09. The Hall–Kier alpha value is -2.20. The molecule has 0 aliphatic heterocycles. The van der Waals surface area contributed by atoms with Crippen LogP contribution in [0.4, 0.5) is 0 Å². The van der Waals surface area contributed by atoms with E-state index in [1.54, 1.807) is 18.2 Å². The van der Waals surface area contributed by atoms with E-state index in [0.29, 0.717) is 23.2 Å². The van der Waals surface area contributed by atoms with Gasteiger partial charge in [0.05, 0.1) is 0 Å². The fourth-order valence-corrected chi connectivity index (χ4v) is 2.07. The molecule has 0 fully saturated rings. The quantitative estimate of drug-likeness (QED) is 0.833. The molecule has 0 atom stereocenters. The summed E-state index contributed by atoms with van der Waals surface area (Å²) in [5.74, 6) is -0.110. The first-order valence-corrected chi connectivity index (χ1v) is 6.48. The molecule has 2 rings (SSSR count). The average molecular weight is 270 g/mol. The summed E-state index contributed by atoms with van der Waals surface area (Å²) < 4.78 is 0. The Morgan fingerprint density at radius 3 is 2.40 bits per heavy atom. The van der Waals surface area contributed by atoms with Gasteiger partial charge in [-0.2, -0.15) is 0 Å². The van der Waals surface area contributed by atoms with Gasteiger partial charge in [-0.25, -0.2) is 0 Å². The standard InChI is InChI=1S/C16H18N2O2/c1-16(2,17)10-13-12(8-9-14(19)18-13)15(20)11-6-4-3-5-7-11/h3-9H,10,17H2,1-2H3,(H,18,19). The number of aromatic amines is 1. The molecule has 0 radical (unpaired) electrons. The maximum absolute atomic E-state index is 12.5. The molecule has 0 unspecified atom stereocenters. The van der Waals surface area contributed by atoms with Crippen molar-refractivity contribution in [1.29, 1.82) is 0 Å². The molecule has 0 saturated heterocycles. The van der Waals surface area contributed by atoms with Crippen molar-refractivity contribution in [1.82, 2.24) is 4.98 Å². The topological polar surface area (TPSA) is 76.0 Å². The summed E-state index contributed by atoms with van der Waals surface area (Å²) in [5, 5.41) is 0. The second kappa shape index (κ2) is 5.43. The summed E-state index contributed by atoms with van der Waals surface area (Å²) >= 11 is 0. The molecule has 4 nitrogen and oxygen atoms in total. The zero-order valence-corrected chi connectivity index (χ0v) is 11.6. The lowest BCUT2D eigenvalue weighted by Gasteiger charge is -2.19. The highest BCUT2D eigenvalue weighted by Gasteiger charge is 2.19. The van der Waals surface area contributed by atoms with Crippen LogP contribution in [0.2, 0.25) is 0 Å². The Kier molecular flexibility index (Phi) is 3.86. The third-order valence-corrected chi connectivity index (χ3v) is 2.91. The van der Waals surface area contributed by atoms with Crippen LogP contribution in [0.3, 0.4) is 0 Å². The Balaban J connectivity index is 2.46. The van der Waals surface area contributed by atoms with E-state index in [1.165, 1.54) is 6.07 Å². The molecule has 1 aromatic heterocycles. The number of rotatable bonds is 4. The van der Waals surface area contributed by atoms with Gasteiger partial charge in [0.1, 0.15) is 0 Å². The molecule has 1 heterocycles. The monoisotopic (exact) mass is 270 g/mol. The predicted molar refractivity (Wildman–Crippen MR) is 78.9 cm³/mol. The predicted octanol–water partition coefficient (Wildman–Crippen LogP) is 1.89. The number of nitrogens with one attached hydrogen (secondary N) is 1. The lowest BCUT2D eigenvalue weighted by Crippen LogP contribution is -2.36. The number of carbonyl (C=O) groups excluding carboxylic acids is 1. The van der Waals surface area contributed by atoms with Crippen molar-refractivity contribution in [2.24, 2.45) is 5.73 Å². The first-order chi connectivity index (χ1) is 9.37. The van der Waals surface area contributed by atoms with Crippen molar-refractivity contribution >= 4 is 5.78 Å². The van der Waals surface area contributed by atoms with Gasteiger partial charge in [0.25, 0.3) is 0 Å². The van der Waals surface area contributed by atoms with Crippen LogP contribution in [-0.4, -0.2) is 16.3 Å². The fraction of sp³-hybridized carbons (Fsp3) is 0.250. The zero-order chi connectivity index (χ0) is 14.8. The van der Waals surface area contributed by atoms with E-state index in [2.05, 4.69) is 4.98 Å². The summed E-state index contributed by atoms with van der Waals surface area (Å²) in [7, 11) is 0. The van der Waals surface area contributed by atoms with Gasteiger partial charge in [-0.15, -0.1) is 0 Å². The lowest BCUT2D eigenvalue weighted by atomic mass is 9.93. The summed E-state index contributed by atoms with van der Waals surface area (Å²) in [4.78, 5) is 26.7. The van der Waals surface area contributed by atoms with Crippen LogP contribution in [0.5, 0.6) is 0 Å². The maximum atomic E-state index is 12.5.